The summed E-state index contributed by atoms with van der Waals surface area (Å²) in [6.45, 7) is 6.56. The highest BCUT2D eigenvalue weighted by Gasteiger charge is 2.30. The summed E-state index contributed by atoms with van der Waals surface area (Å²) >= 11 is 0. The van der Waals surface area contributed by atoms with Crippen molar-refractivity contribution in [3.63, 3.8) is 0 Å². The summed E-state index contributed by atoms with van der Waals surface area (Å²) in [5.41, 5.74) is 2.35. The van der Waals surface area contributed by atoms with Crippen molar-refractivity contribution in [2.45, 2.75) is 58.7 Å². The number of hydrogen-bond acceptors (Lipinski definition) is 5. The van der Waals surface area contributed by atoms with E-state index in [2.05, 4.69) is 5.32 Å². The Morgan fingerprint density at radius 1 is 0.878 bits per heavy atom. The molecule has 0 aliphatic rings. The van der Waals surface area contributed by atoms with E-state index in [9.17, 15) is 18.0 Å². The molecule has 0 bridgehead atoms. The number of sulfonamides is 1. The lowest BCUT2D eigenvalue weighted by Crippen LogP contribution is -2.51. The summed E-state index contributed by atoms with van der Waals surface area (Å²) in [5, 5.41) is 2.98. The molecule has 0 unspecified atom stereocenters. The minimum Gasteiger partial charge on any atom is -0.494 e. The van der Waals surface area contributed by atoms with Crippen LogP contribution in [0.5, 0.6) is 5.75 Å². The molecular weight excluding hydrogens is 538 g/mol. The van der Waals surface area contributed by atoms with Gasteiger partial charge in [0, 0.05) is 32.0 Å². The van der Waals surface area contributed by atoms with Crippen LogP contribution in [-0.4, -0.2) is 56.6 Å². The first-order chi connectivity index (χ1) is 19.6. The van der Waals surface area contributed by atoms with Crippen LogP contribution < -0.4 is 14.4 Å². The predicted molar refractivity (Wildman–Crippen MR) is 163 cm³/mol. The number of nitrogens with zero attached hydrogens (tertiary/aromatic N) is 2. The van der Waals surface area contributed by atoms with Crippen LogP contribution in [0.15, 0.2) is 84.9 Å². The lowest BCUT2D eigenvalue weighted by Gasteiger charge is -2.32. The zero-order chi connectivity index (χ0) is 29.8. The molecule has 0 aromatic heterocycles. The van der Waals surface area contributed by atoms with E-state index in [4.69, 9.17) is 4.74 Å². The van der Waals surface area contributed by atoms with Gasteiger partial charge >= 0.3 is 0 Å². The maximum Gasteiger partial charge on any atom is 0.243 e. The smallest absolute Gasteiger partial charge is 0.243 e. The van der Waals surface area contributed by atoms with E-state index < -0.39 is 16.1 Å². The van der Waals surface area contributed by atoms with E-state index >= 15 is 0 Å². The quantitative estimate of drug-likeness (QED) is 0.279. The van der Waals surface area contributed by atoms with Crippen LogP contribution in [0.4, 0.5) is 5.69 Å². The number of carbonyl (C=O) groups excluding carboxylic acids is 2. The fourth-order valence-electron chi connectivity index (χ4n) is 4.59. The normalized spacial score (nSPS) is 12.0. The molecule has 0 saturated heterocycles. The van der Waals surface area contributed by atoms with Gasteiger partial charge in [0.2, 0.25) is 21.8 Å². The monoisotopic (exact) mass is 579 g/mol. The number of rotatable bonds is 15. The molecule has 0 heterocycles. The molecule has 0 spiro atoms. The number of nitrogens with one attached hydrogen (secondary N) is 1. The van der Waals surface area contributed by atoms with E-state index in [0.717, 1.165) is 17.4 Å². The summed E-state index contributed by atoms with van der Waals surface area (Å²) < 4.78 is 32.1. The Morgan fingerprint density at radius 2 is 1.46 bits per heavy atom. The molecule has 0 radical (unpaired) electrons. The van der Waals surface area contributed by atoms with Gasteiger partial charge in [-0.15, -0.1) is 0 Å². The van der Waals surface area contributed by atoms with E-state index in [1.807, 2.05) is 81.4 Å². The van der Waals surface area contributed by atoms with Crippen LogP contribution in [0.25, 0.3) is 0 Å². The third-order valence-electron chi connectivity index (χ3n) is 6.49. The first kappa shape index (κ1) is 31.7. The second-order valence-electron chi connectivity index (χ2n) is 10.2. The fourth-order valence-corrected chi connectivity index (χ4v) is 5.56. The Hall–Kier alpha value is -3.85. The van der Waals surface area contributed by atoms with Gasteiger partial charge in [-0.2, -0.15) is 0 Å². The van der Waals surface area contributed by atoms with Crippen molar-refractivity contribution in [2.75, 3.05) is 23.7 Å². The Kier molecular flexibility index (Phi) is 11.8. The van der Waals surface area contributed by atoms with Crippen LogP contribution in [-0.2, 0) is 32.6 Å². The first-order valence-corrected chi connectivity index (χ1v) is 15.8. The molecule has 2 amide bonds. The molecule has 0 aliphatic heterocycles. The summed E-state index contributed by atoms with van der Waals surface area (Å²) in [6.07, 6.45) is 1.88. The average molecular weight is 580 g/mol. The van der Waals surface area contributed by atoms with Crippen molar-refractivity contribution in [3.8, 4) is 5.75 Å². The van der Waals surface area contributed by atoms with Crippen molar-refractivity contribution in [2.24, 2.45) is 0 Å². The Labute approximate surface area is 244 Å². The summed E-state index contributed by atoms with van der Waals surface area (Å²) in [5.74, 6) is 0.217. The molecule has 220 valence electrons. The van der Waals surface area contributed by atoms with Gasteiger partial charge < -0.3 is 15.0 Å². The molecule has 0 aliphatic carbocycles. The van der Waals surface area contributed by atoms with Crippen LogP contribution in [0.2, 0.25) is 0 Å². The highest BCUT2D eigenvalue weighted by Crippen LogP contribution is 2.23. The molecule has 0 fully saturated rings. The van der Waals surface area contributed by atoms with E-state index in [1.165, 1.54) is 4.31 Å². The van der Waals surface area contributed by atoms with Crippen LogP contribution in [0.3, 0.4) is 0 Å². The second-order valence-corrected chi connectivity index (χ2v) is 12.1. The zero-order valence-electron chi connectivity index (χ0n) is 24.3. The lowest BCUT2D eigenvalue weighted by atomic mass is 10.0. The molecule has 41 heavy (non-hydrogen) atoms. The number of anilines is 1. The first-order valence-electron chi connectivity index (χ1n) is 14.0. The lowest BCUT2D eigenvalue weighted by molar-refractivity contribution is -0.141. The Morgan fingerprint density at radius 3 is 2.00 bits per heavy atom. The van der Waals surface area contributed by atoms with Gasteiger partial charge in [-0.25, -0.2) is 8.42 Å². The Balaban J connectivity index is 1.83. The topological polar surface area (TPSA) is 96.0 Å². The van der Waals surface area contributed by atoms with Crippen molar-refractivity contribution in [1.82, 2.24) is 10.2 Å². The molecule has 9 heteroatoms. The minimum atomic E-state index is -3.59. The van der Waals surface area contributed by atoms with Crippen molar-refractivity contribution >= 4 is 27.5 Å². The zero-order valence-corrected chi connectivity index (χ0v) is 25.1. The second kappa shape index (κ2) is 15.2. The van der Waals surface area contributed by atoms with Crippen LogP contribution in [0, 0.1) is 0 Å². The minimum absolute atomic E-state index is 0.0795. The highest BCUT2D eigenvalue weighted by atomic mass is 32.2. The number of ether oxygens (including phenoxy) is 1. The largest absolute Gasteiger partial charge is 0.494 e. The average Bonchev–Trinajstić information content (AvgIpc) is 2.94. The molecule has 1 N–H and O–H groups in total. The Bertz CT molecular complexity index is 1350. The number of amides is 2. The van der Waals surface area contributed by atoms with Crippen molar-refractivity contribution in [1.29, 1.82) is 0 Å². The number of hydrogen-bond donors (Lipinski definition) is 1. The van der Waals surface area contributed by atoms with Crippen molar-refractivity contribution < 1.29 is 22.7 Å². The predicted octanol–water partition coefficient (Wildman–Crippen LogP) is 4.80. The number of benzene rings is 3. The summed E-state index contributed by atoms with van der Waals surface area (Å²) in [6, 6.07) is 25.2. The van der Waals surface area contributed by atoms with Crippen molar-refractivity contribution in [3.05, 3.63) is 96.1 Å². The molecule has 3 aromatic carbocycles. The van der Waals surface area contributed by atoms with Gasteiger partial charge in [-0.3, -0.25) is 13.9 Å². The maximum absolute atomic E-state index is 13.8. The van der Waals surface area contributed by atoms with Gasteiger partial charge in [-0.1, -0.05) is 60.7 Å². The standard InChI is InChI=1S/C32H41N3O5S/c1-5-40-29-20-18-28(19-21-29)35(41(4,38)39)22-12-17-31(36)34(24-27-15-10-7-11-16-27)30(32(37)33-25(2)3)23-26-13-8-6-9-14-26/h6-11,13-16,18-21,25,30H,5,12,17,22-24H2,1-4H3,(H,33,37)/t30-/m0/s1. The molecule has 1 atom stereocenters. The van der Waals surface area contributed by atoms with Crippen LogP contribution in [0.1, 0.15) is 44.7 Å². The van der Waals surface area contributed by atoms with Gasteiger partial charge in [0.25, 0.3) is 0 Å². The highest BCUT2D eigenvalue weighted by molar-refractivity contribution is 7.92. The van der Waals surface area contributed by atoms with Gasteiger partial charge in [0.1, 0.15) is 11.8 Å². The SMILES string of the molecule is CCOc1ccc(N(CCCC(=O)N(Cc2ccccc2)[C@@H](Cc2ccccc2)C(=O)NC(C)C)S(C)(=O)=O)cc1. The van der Waals surface area contributed by atoms with Gasteiger partial charge in [0.05, 0.1) is 18.6 Å². The molecule has 0 saturated carbocycles. The molecular formula is C32H41N3O5S. The van der Waals surface area contributed by atoms with Crippen LogP contribution >= 0.6 is 0 Å². The molecule has 8 nitrogen and oxygen atoms in total. The molecule has 3 aromatic rings. The van der Waals surface area contributed by atoms with E-state index in [1.54, 1.807) is 29.2 Å². The molecule has 3 rings (SSSR count). The van der Waals surface area contributed by atoms with Gasteiger partial charge in [0.15, 0.2) is 0 Å². The summed E-state index contributed by atoms with van der Waals surface area (Å²) in [4.78, 5) is 28.9. The van der Waals surface area contributed by atoms with E-state index in [0.29, 0.717) is 24.5 Å². The maximum atomic E-state index is 13.8. The fraction of sp³-hybridized carbons (Fsp3) is 0.375. The van der Waals surface area contributed by atoms with E-state index in [-0.39, 0.29) is 43.8 Å². The van der Waals surface area contributed by atoms with Gasteiger partial charge in [-0.05, 0) is 62.6 Å². The third kappa shape index (κ3) is 9.93. The number of carbonyl (C=O) groups is 2. The third-order valence-corrected chi connectivity index (χ3v) is 7.68. The summed E-state index contributed by atoms with van der Waals surface area (Å²) in [7, 11) is -3.59.